The Morgan fingerprint density at radius 2 is 1.02 bits per heavy atom. The van der Waals surface area contributed by atoms with Crippen molar-refractivity contribution in [2.24, 2.45) is 5.92 Å². The van der Waals surface area contributed by atoms with Gasteiger partial charge in [-0.1, -0.05) is 59.7 Å². The second-order valence-corrected chi connectivity index (χ2v) is 28.5. The maximum Gasteiger partial charge on any atom is 0.270 e. The summed E-state index contributed by atoms with van der Waals surface area (Å²) in [6.45, 7) is 13.9. The zero-order valence-electron chi connectivity index (χ0n) is 53.5. The predicted molar refractivity (Wildman–Crippen MR) is 419 cm³/mol. The van der Waals surface area contributed by atoms with Gasteiger partial charge in [0.15, 0.2) is 57.1 Å². The van der Waals surface area contributed by atoms with Crippen molar-refractivity contribution < 1.29 is 35.4 Å². The molecule has 1 fully saturated rings. The SMILES string of the molecule is CC(C)c1cnc2c(O)cccn2c1=O.CCCCNC(=O)c1cnc2c(O)c(I)ccn2c1=O.CCCc1cnc2c(O)c(I)ccn2c1=O.CCc1cnc2c(O)c(I)ccn2c1=O.CCn1cnc2c(O)c(I)ccc2c1=S.O=c1c2ccc(I)c(O)c2ncn1CC1CC1. The largest absolute Gasteiger partial charge is 0.505 e. The van der Waals surface area contributed by atoms with Crippen LogP contribution in [0.25, 0.3) is 44.4 Å². The smallest absolute Gasteiger partial charge is 0.270 e. The molecule has 0 saturated heterocycles. The summed E-state index contributed by atoms with van der Waals surface area (Å²) in [6, 6.07) is 15.3. The third kappa shape index (κ3) is 17.5. The molecule has 10 heterocycles. The highest BCUT2D eigenvalue weighted by Crippen LogP contribution is 2.32. The number of phenols is 2. The van der Waals surface area contributed by atoms with Crippen molar-refractivity contribution in [3.05, 3.63) is 213 Å². The molecule has 1 aliphatic rings. The van der Waals surface area contributed by atoms with Crippen molar-refractivity contribution >= 4 is 175 Å². The van der Waals surface area contributed by atoms with Crippen LogP contribution in [0.1, 0.15) is 107 Å². The molecule has 512 valence electrons. The number of phenolic OH excluding ortho intramolecular Hbond substituents is 2. The number of nitrogens with zero attached hydrogens (tertiary/aromatic N) is 12. The molecule has 1 aliphatic carbocycles. The van der Waals surface area contributed by atoms with Crippen LogP contribution in [0.5, 0.6) is 34.5 Å². The summed E-state index contributed by atoms with van der Waals surface area (Å²) in [5, 5.41) is 62.5. The number of aromatic hydroxyl groups is 6. The molecule has 0 spiro atoms. The van der Waals surface area contributed by atoms with Crippen LogP contribution in [0, 0.1) is 28.4 Å². The van der Waals surface area contributed by atoms with Crippen LogP contribution in [0.4, 0.5) is 0 Å². The molecule has 12 aromatic rings. The second kappa shape index (κ2) is 34.5. The van der Waals surface area contributed by atoms with Crippen LogP contribution in [0.15, 0.2) is 141 Å². The fourth-order valence-corrected chi connectivity index (χ4v) is 12.0. The van der Waals surface area contributed by atoms with Gasteiger partial charge in [-0.25, -0.2) is 29.9 Å². The van der Waals surface area contributed by atoms with Crippen molar-refractivity contribution in [3.63, 3.8) is 0 Å². The predicted octanol–water partition coefficient (Wildman–Crippen LogP) is 11.8. The van der Waals surface area contributed by atoms with Crippen LogP contribution in [0.3, 0.4) is 0 Å². The first-order chi connectivity index (χ1) is 46.8. The first-order valence-corrected chi connectivity index (χ1v) is 36.4. The van der Waals surface area contributed by atoms with Gasteiger partial charge in [0.25, 0.3) is 33.7 Å². The van der Waals surface area contributed by atoms with E-state index in [1.807, 2.05) is 149 Å². The molecular weight excluding hydrogens is 1850 g/mol. The Bertz CT molecular complexity index is 5270. The Morgan fingerprint density at radius 3 is 1.54 bits per heavy atom. The Kier molecular flexibility index (Phi) is 26.9. The zero-order chi connectivity index (χ0) is 71.4. The fourth-order valence-electron chi connectivity index (χ4n) is 9.54. The molecular formula is C67H66I5N13O12S. The third-order valence-corrected chi connectivity index (χ3v) is 20.0. The normalized spacial score (nSPS) is 11.6. The van der Waals surface area contributed by atoms with Gasteiger partial charge in [-0.15, -0.1) is 0 Å². The topological polar surface area (TPSA) is 341 Å². The van der Waals surface area contributed by atoms with Crippen molar-refractivity contribution in [2.75, 3.05) is 6.54 Å². The van der Waals surface area contributed by atoms with Gasteiger partial charge in [0.05, 0.1) is 35.9 Å². The molecule has 2 aromatic carbocycles. The quantitative estimate of drug-likeness (QED) is 0.0359. The number of hydrogen-bond donors (Lipinski definition) is 7. The Labute approximate surface area is 632 Å². The summed E-state index contributed by atoms with van der Waals surface area (Å²) in [5.41, 5.74) is 3.11. The van der Waals surface area contributed by atoms with E-state index in [4.69, 9.17) is 12.2 Å². The number of fused-ring (bicyclic) bond motifs is 6. The average Bonchev–Trinajstić information content (AvgIpc) is 1.01. The van der Waals surface area contributed by atoms with E-state index in [9.17, 15) is 59.4 Å². The summed E-state index contributed by atoms with van der Waals surface area (Å²) in [7, 11) is 0. The van der Waals surface area contributed by atoms with Gasteiger partial charge in [0.2, 0.25) is 0 Å². The van der Waals surface area contributed by atoms with Gasteiger partial charge in [0.1, 0.15) is 21.2 Å². The maximum absolute atomic E-state index is 12.2. The Morgan fingerprint density at radius 1 is 0.541 bits per heavy atom. The number of aromatic nitrogens is 12. The van der Waals surface area contributed by atoms with E-state index in [-0.39, 0.29) is 73.9 Å². The number of halogens is 5. The van der Waals surface area contributed by atoms with Crippen LogP contribution < -0.4 is 33.1 Å². The first-order valence-electron chi connectivity index (χ1n) is 30.6. The number of pyridine rings is 4. The molecule has 98 heavy (non-hydrogen) atoms. The molecule has 13 rings (SSSR count). The molecule has 7 N–H and O–H groups in total. The van der Waals surface area contributed by atoms with Gasteiger partial charge in [-0.3, -0.25) is 50.9 Å². The third-order valence-electron chi connectivity index (χ3n) is 15.2. The number of amides is 1. The zero-order valence-corrected chi connectivity index (χ0v) is 65.1. The van der Waals surface area contributed by atoms with E-state index in [0.717, 1.165) is 41.3 Å². The van der Waals surface area contributed by atoms with Crippen LogP contribution in [-0.4, -0.2) is 99.7 Å². The summed E-state index contributed by atoms with van der Waals surface area (Å²) in [4.78, 5) is 96.7. The Balaban J connectivity index is 0.000000150. The monoisotopic (exact) mass is 1910 g/mol. The molecule has 1 amide bonds. The molecule has 0 aliphatic heterocycles. The number of hydrogen-bond acceptors (Lipinski definition) is 19. The lowest BCUT2D eigenvalue weighted by molar-refractivity contribution is 0.0951. The van der Waals surface area contributed by atoms with E-state index >= 15 is 0 Å². The van der Waals surface area contributed by atoms with Crippen LogP contribution >= 0.6 is 125 Å². The Hall–Kier alpha value is -7.50. The molecule has 25 nitrogen and oxygen atoms in total. The molecule has 0 unspecified atom stereocenters. The summed E-state index contributed by atoms with van der Waals surface area (Å²) < 4.78 is 13.0. The van der Waals surface area contributed by atoms with Gasteiger partial charge in [-0.2, -0.15) is 0 Å². The van der Waals surface area contributed by atoms with E-state index in [0.29, 0.717) is 94.3 Å². The van der Waals surface area contributed by atoms with Gasteiger partial charge in [0, 0.05) is 91.3 Å². The molecule has 31 heteroatoms. The second-order valence-electron chi connectivity index (χ2n) is 22.3. The first kappa shape index (κ1) is 76.3. The highest BCUT2D eigenvalue weighted by atomic mass is 127. The number of benzene rings is 2. The van der Waals surface area contributed by atoms with Crippen LogP contribution in [0.2, 0.25) is 0 Å². The molecule has 1 saturated carbocycles. The van der Waals surface area contributed by atoms with Crippen molar-refractivity contribution in [3.8, 4) is 34.5 Å². The minimum absolute atomic E-state index is 0.0184. The molecule has 0 radical (unpaired) electrons. The van der Waals surface area contributed by atoms with Crippen molar-refractivity contribution in [1.29, 1.82) is 0 Å². The summed E-state index contributed by atoms with van der Waals surface area (Å²) in [6.07, 6.45) is 21.9. The standard InChI is InChI=1S/C13H14IN3O3.C12H11IN2O2.C11H11IN2O2.C11H12N2O2.C10H9IN2O2.C10H9IN2OS/c1-2-3-5-15-12(19)8-7-16-11-10(18)9(14)4-6-17(11)13(8)20;13-9-4-3-8-10(11(9)16)14-6-15(12(8)17)5-7-1-2-7;1-2-3-7-6-13-10-9(15)8(12)4-5-14(10)11(7)16;1-7(2)8-6-12-10-9(14)4-3-5-13(10)11(8)15;1-2-6-5-12-9-8(14)7(11)3-4-13(9)10(6)15;1-2-13-5-12-8-6(10(13)15)3-4-7(11)9(8)14/h4,6-7,18H,2-3,5H2,1H3,(H,15,19);3-4,6-7,16H,1-2,5H2;4-6,15H,2-3H2,1H3;3-7,14H,1-2H3;2*3-5,14H,2H2,1H3. The van der Waals surface area contributed by atoms with E-state index in [2.05, 4.69) is 57.8 Å². The number of aryl methyl sites for hydroxylation is 3. The fraction of sp³-hybridized carbons (Fsp3) is 0.269. The highest BCUT2D eigenvalue weighted by molar-refractivity contribution is 14.1. The van der Waals surface area contributed by atoms with E-state index in [1.165, 1.54) is 61.3 Å². The number of nitrogens with one attached hydrogen (secondary N) is 1. The minimum atomic E-state index is -0.490. The summed E-state index contributed by atoms with van der Waals surface area (Å²) in [5.74, 6) is 0.687. The van der Waals surface area contributed by atoms with Crippen molar-refractivity contribution in [1.82, 2.24) is 62.0 Å². The number of carbonyl (C=O) groups is 1. The van der Waals surface area contributed by atoms with Gasteiger partial charge >= 0.3 is 0 Å². The molecule has 10 aromatic heterocycles. The lowest BCUT2D eigenvalue weighted by Crippen LogP contribution is -2.32. The molecule has 0 bridgehead atoms. The van der Waals surface area contributed by atoms with Gasteiger partial charge in [-0.05, 0) is 218 Å². The van der Waals surface area contributed by atoms with Gasteiger partial charge < -0.3 is 40.5 Å². The highest BCUT2D eigenvalue weighted by Gasteiger charge is 2.23. The number of carbonyl (C=O) groups excluding carboxylic acids is 1. The number of unbranched alkanes of at least 4 members (excludes halogenated alkanes) is 1. The van der Waals surface area contributed by atoms with E-state index in [1.54, 1.807) is 78.4 Å². The average molecular weight is 1910 g/mol. The number of rotatable bonds is 11. The van der Waals surface area contributed by atoms with Crippen LogP contribution in [-0.2, 0) is 25.9 Å². The maximum atomic E-state index is 12.2. The van der Waals surface area contributed by atoms with Crippen molar-refractivity contribution in [2.45, 2.75) is 105 Å². The molecule has 0 atom stereocenters. The lowest BCUT2D eigenvalue weighted by Gasteiger charge is -2.07. The lowest BCUT2D eigenvalue weighted by atomic mass is 10.1. The van der Waals surface area contributed by atoms with E-state index < -0.39 is 11.5 Å². The summed E-state index contributed by atoms with van der Waals surface area (Å²) >= 11 is 15.3. The minimum Gasteiger partial charge on any atom is -0.505 e.